The lowest BCUT2D eigenvalue weighted by Crippen LogP contribution is -2.33. The van der Waals surface area contributed by atoms with Crippen LogP contribution in [-0.4, -0.2) is 59.7 Å². The molecule has 1 atom stereocenters. The minimum Gasteiger partial charge on any atom is -0.504 e. The summed E-state index contributed by atoms with van der Waals surface area (Å²) in [5.74, 6) is 3.15. The summed E-state index contributed by atoms with van der Waals surface area (Å²) in [6.07, 6.45) is 4.55. The number of hydrogen-bond donors (Lipinski definition) is 3. The summed E-state index contributed by atoms with van der Waals surface area (Å²) >= 11 is 0. The van der Waals surface area contributed by atoms with Crippen LogP contribution in [0.15, 0.2) is 57.8 Å². The summed E-state index contributed by atoms with van der Waals surface area (Å²) in [5.41, 5.74) is 2.22. The number of aromatic hydroxyl groups is 1. The Balaban J connectivity index is 2.03. The van der Waals surface area contributed by atoms with E-state index < -0.39 is 12.0 Å². The normalized spacial score (nSPS) is 15.2. The first-order valence-corrected chi connectivity index (χ1v) is 11.1. The number of phenolic OH excluding ortho intramolecular Hbond substituents is 1. The van der Waals surface area contributed by atoms with Crippen molar-refractivity contribution in [3.63, 3.8) is 0 Å². The van der Waals surface area contributed by atoms with Gasteiger partial charge < -0.3 is 29.7 Å². The lowest BCUT2D eigenvalue weighted by molar-refractivity contribution is -0.123. The third kappa shape index (κ3) is 5.59. The van der Waals surface area contributed by atoms with E-state index in [2.05, 4.69) is 21.3 Å². The topological polar surface area (TPSA) is 125 Å². The van der Waals surface area contributed by atoms with Crippen LogP contribution in [0.2, 0.25) is 0 Å². The van der Waals surface area contributed by atoms with Crippen LogP contribution in [-0.2, 0) is 4.79 Å². The molecule has 3 N–H and O–H groups in total. The van der Waals surface area contributed by atoms with Crippen molar-refractivity contribution in [1.82, 2.24) is 5.01 Å². The highest BCUT2D eigenvalue weighted by Gasteiger charge is 2.26. The first-order chi connectivity index (χ1) is 17.2. The Labute approximate surface area is 209 Å². The standard InChI is InChI=1S/C26H28N4O6/c1-7-15(3)22-26(36-19-13-20(32)23(35-6)21(14-19)34-5)28-24(29-30(22)8-2)17-9-11-18(12-10-17)27-25(33)16(4)31/h1,9-14,16,31-32H,8H2,2-6H3,(H,27,33)/b22-15+. The number of carbonyl (C=O) groups excluding carboxylic acids is 1. The number of anilines is 1. The number of terminal acetylenes is 1. The number of nitrogens with zero attached hydrogens (tertiary/aromatic N) is 3. The van der Waals surface area contributed by atoms with E-state index in [-0.39, 0.29) is 28.9 Å². The number of phenols is 1. The van der Waals surface area contributed by atoms with Crippen LogP contribution in [0.1, 0.15) is 26.3 Å². The molecule has 1 aliphatic rings. The number of amidine groups is 1. The van der Waals surface area contributed by atoms with Gasteiger partial charge in [0.05, 0.1) is 14.2 Å². The van der Waals surface area contributed by atoms with Gasteiger partial charge in [0.15, 0.2) is 17.3 Å². The molecule has 1 aliphatic heterocycles. The molecule has 36 heavy (non-hydrogen) atoms. The van der Waals surface area contributed by atoms with E-state index in [1.54, 1.807) is 42.3 Å². The van der Waals surface area contributed by atoms with E-state index >= 15 is 0 Å². The Morgan fingerprint density at radius 1 is 1.22 bits per heavy atom. The molecular formula is C26H28N4O6. The third-order valence-corrected chi connectivity index (χ3v) is 5.19. The van der Waals surface area contributed by atoms with E-state index in [1.165, 1.54) is 27.2 Å². The van der Waals surface area contributed by atoms with Gasteiger partial charge in [0.1, 0.15) is 17.6 Å². The SMILES string of the molecule is C#C/C(C)=C1\C(Oc2cc(O)c(OC)c(OC)c2)=NC(c2ccc(NC(=O)C(C)O)cc2)=NN1CC. The largest absolute Gasteiger partial charge is 0.504 e. The number of hydrogen-bond acceptors (Lipinski definition) is 9. The van der Waals surface area contributed by atoms with Gasteiger partial charge in [0.25, 0.3) is 5.91 Å². The summed E-state index contributed by atoms with van der Waals surface area (Å²) in [5, 5.41) is 28.7. The first-order valence-electron chi connectivity index (χ1n) is 11.1. The molecule has 10 nitrogen and oxygen atoms in total. The van der Waals surface area contributed by atoms with Gasteiger partial charge >= 0.3 is 0 Å². The second-order valence-electron chi connectivity index (χ2n) is 7.70. The van der Waals surface area contributed by atoms with Crippen molar-refractivity contribution in [2.24, 2.45) is 10.1 Å². The molecule has 0 saturated carbocycles. The van der Waals surface area contributed by atoms with Crippen LogP contribution in [0.5, 0.6) is 23.0 Å². The van der Waals surface area contributed by atoms with E-state index in [9.17, 15) is 15.0 Å². The Bertz CT molecular complexity index is 1270. The van der Waals surface area contributed by atoms with Crippen molar-refractivity contribution < 1.29 is 29.2 Å². The number of nitrogens with one attached hydrogen (secondary N) is 1. The number of aliphatic hydroxyl groups excluding tert-OH is 1. The van der Waals surface area contributed by atoms with E-state index in [0.29, 0.717) is 34.9 Å². The number of allylic oxidation sites excluding steroid dienone is 1. The van der Waals surface area contributed by atoms with Gasteiger partial charge in [-0.15, -0.1) is 6.42 Å². The number of carbonyl (C=O) groups is 1. The molecule has 1 unspecified atom stereocenters. The molecule has 0 fully saturated rings. The number of likely N-dealkylation sites (N-methyl/N-ethyl adjacent to an activating group) is 1. The number of ether oxygens (including phenoxy) is 3. The van der Waals surface area contributed by atoms with Crippen molar-refractivity contribution in [3.05, 3.63) is 53.2 Å². The molecule has 1 amide bonds. The zero-order chi connectivity index (χ0) is 26.4. The Morgan fingerprint density at radius 3 is 2.47 bits per heavy atom. The van der Waals surface area contributed by atoms with Gasteiger partial charge in [-0.2, -0.15) is 10.1 Å². The zero-order valence-corrected chi connectivity index (χ0v) is 20.7. The molecule has 1 heterocycles. The van der Waals surface area contributed by atoms with Crippen LogP contribution < -0.4 is 19.5 Å². The molecule has 0 saturated heterocycles. The van der Waals surface area contributed by atoms with Gasteiger partial charge in [-0.3, -0.25) is 9.80 Å². The smallest absolute Gasteiger partial charge is 0.252 e. The number of rotatable bonds is 7. The summed E-state index contributed by atoms with van der Waals surface area (Å²) < 4.78 is 16.6. The summed E-state index contributed by atoms with van der Waals surface area (Å²) in [6, 6.07) is 9.76. The van der Waals surface area contributed by atoms with Gasteiger partial charge in [-0.25, -0.2) is 0 Å². The van der Waals surface area contributed by atoms with Crippen molar-refractivity contribution in [2.75, 3.05) is 26.1 Å². The number of benzene rings is 2. The number of aliphatic imine (C=N–C) groups is 1. The molecule has 2 aromatic carbocycles. The highest BCUT2D eigenvalue weighted by Crippen LogP contribution is 2.40. The fraction of sp³-hybridized carbons (Fsp3) is 0.269. The molecule has 3 rings (SSSR count). The minimum absolute atomic E-state index is 0.168. The molecule has 0 radical (unpaired) electrons. The Morgan fingerprint density at radius 2 is 1.92 bits per heavy atom. The van der Waals surface area contributed by atoms with Gasteiger partial charge in [0, 0.05) is 35.5 Å². The Hall–Kier alpha value is -4.49. The summed E-state index contributed by atoms with van der Waals surface area (Å²) in [7, 11) is 2.87. The lowest BCUT2D eigenvalue weighted by atomic mass is 10.1. The highest BCUT2D eigenvalue weighted by atomic mass is 16.5. The predicted octanol–water partition coefficient (Wildman–Crippen LogP) is 3.11. The molecule has 0 aliphatic carbocycles. The maximum absolute atomic E-state index is 11.7. The fourth-order valence-electron chi connectivity index (χ4n) is 3.33. The molecule has 0 spiro atoms. The van der Waals surface area contributed by atoms with Crippen molar-refractivity contribution in [1.29, 1.82) is 0 Å². The van der Waals surface area contributed by atoms with E-state index in [4.69, 9.17) is 20.6 Å². The van der Waals surface area contributed by atoms with Crippen molar-refractivity contribution in [2.45, 2.75) is 26.9 Å². The van der Waals surface area contributed by atoms with E-state index in [0.717, 1.165) is 0 Å². The fourth-order valence-corrected chi connectivity index (χ4v) is 3.33. The van der Waals surface area contributed by atoms with Gasteiger partial charge in [-0.1, -0.05) is 5.92 Å². The van der Waals surface area contributed by atoms with Crippen LogP contribution >= 0.6 is 0 Å². The van der Waals surface area contributed by atoms with Gasteiger partial charge in [-0.05, 0) is 45.0 Å². The predicted molar refractivity (Wildman–Crippen MR) is 136 cm³/mol. The number of amides is 1. The molecule has 188 valence electrons. The monoisotopic (exact) mass is 492 g/mol. The molecule has 2 aromatic rings. The van der Waals surface area contributed by atoms with E-state index in [1.807, 2.05) is 6.92 Å². The molecule has 10 heteroatoms. The number of hydrazone groups is 1. The van der Waals surface area contributed by atoms with Crippen molar-refractivity contribution >= 4 is 23.3 Å². The van der Waals surface area contributed by atoms with Crippen LogP contribution in [0.4, 0.5) is 5.69 Å². The lowest BCUT2D eigenvalue weighted by Gasteiger charge is -2.27. The third-order valence-electron chi connectivity index (χ3n) is 5.19. The maximum atomic E-state index is 11.7. The van der Waals surface area contributed by atoms with Crippen molar-refractivity contribution in [3.8, 4) is 35.3 Å². The average Bonchev–Trinajstić information content (AvgIpc) is 2.87. The first kappa shape index (κ1) is 26.1. The van der Waals surface area contributed by atoms with Gasteiger partial charge in [0.2, 0.25) is 11.6 Å². The number of aliphatic hydroxyl groups is 1. The molecule has 0 bridgehead atoms. The molecular weight excluding hydrogens is 464 g/mol. The van der Waals surface area contributed by atoms with Crippen LogP contribution in [0.3, 0.4) is 0 Å². The highest BCUT2D eigenvalue weighted by molar-refractivity contribution is 6.12. The zero-order valence-electron chi connectivity index (χ0n) is 20.7. The summed E-state index contributed by atoms with van der Waals surface area (Å²) in [6.45, 7) is 5.52. The summed E-state index contributed by atoms with van der Waals surface area (Å²) in [4.78, 5) is 16.4. The average molecular weight is 493 g/mol. The number of methoxy groups -OCH3 is 2. The quantitative estimate of drug-likeness (QED) is 0.507. The van der Waals surface area contributed by atoms with Crippen LogP contribution in [0.25, 0.3) is 0 Å². The Kier molecular flexibility index (Phi) is 8.19. The molecule has 0 aromatic heterocycles. The maximum Gasteiger partial charge on any atom is 0.252 e. The second-order valence-corrected chi connectivity index (χ2v) is 7.70. The van der Waals surface area contributed by atoms with Crippen LogP contribution in [0, 0.1) is 12.3 Å². The minimum atomic E-state index is -1.13. The second kappa shape index (κ2) is 11.3.